The third kappa shape index (κ3) is 3.37. The minimum absolute atomic E-state index is 0.0100. The first kappa shape index (κ1) is 19.8. The summed E-state index contributed by atoms with van der Waals surface area (Å²) in [5, 5.41) is 2.58. The summed E-state index contributed by atoms with van der Waals surface area (Å²) in [6.07, 6.45) is 2.11. The van der Waals surface area contributed by atoms with Crippen molar-refractivity contribution >= 4 is 18.7 Å². The summed E-state index contributed by atoms with van der Waals surface area (Å²) in [4.78, 5) is 0. The van der Waals surface area contributed by atoms with E-state index in [4.69, 9.17) is 13.9 Å². The Hall–Kier alpha value is -1.46. The summed E-state index contributed by atoms with van der Waals surface area (Å²) in [6.45, 7) is 11.5. The molecule has 28 heavy (non-hydrogen) atoms. The van der Waals surface area contributed by atoms with Gasteiger partial charge in [-0.25, -0.2) is 0 Å². The molecule has 1 aliphatic heterocycles. The Morgan fingerprint density at radius 1 is 0.929 bits per heavy atom. The van der Waals surface area contributed by atoms with Gasteiger partial charge in [0, 0.05) is 0 Å². The first-order valence-electron chi connectivity index (χ1n) is 10.3. The minimum atomic E-state index is -2.53. The Bertz CT molecular complexity index is 767. The second-order valence-corrected chi connectivity index (χ2v) is 14.0. The van der Waals surface area contributed by atoms with Crippen molar-refractivity contribution in [2.45, 2.75) is 70.0 Å². The van der Waals surface area contributed by atoms with Gasteiger partial charge in [0.1, 0.15) is 11.7 Å². The maximum Gasteiger partial charge on any atom is 0.261 e. The highest BCUT2D eigenvalue weighted by atomic mass is 28.4. The Morgan fingerprint density at radius 2 is 1.43 bits per heavy atom. The van der Waals surface area contributed by atoms with Crippen LogP contribution in [0.15, 0.2) is 60.7 Å². The topological polar surface area (TPSA) is 27.7 Å². The molecule has 0 bridgehead atoms. The second-order valence-electron chi connectivity index (χ2n) is 9.65. The van der Waals surface area contributed by atoms with Crippen molar-refractivity contribution in [3.05, 3.63) is 60.7 Å². The normalized spacial score (nSPS) is 23.1. The van der Waals surface area contributed by atoms with Crippen molar-refractivity contribution in [3.8, 4) is 0 Å². The number of rotatable bonds is 5. The van der Waals surface area contributed by atoms with Crippen LogP contribution in [0.4, 0.5) is 0 Å². The molecule has 2 aliphatic rings. The maximum absolute atomic E-state index is 7.05. The van der Waals surface area contributed by atoms with E-state index in [-0.39, 0.29) is 16.7 Å². The van der Waals surface area contributed by atoms with E-state index >= 15 is 0 Å². The third-order valence-corrected chi connectivity index (χ3v) is 11.1. The van der Waals surface area contributed by atoms with Crippen molar-refractivity contribution < 1.29 is 13.9 Å². The van der Waals surface area contributed by atoms with Crippen molar-refractivity contribution in [2.75, 3.05) is 6.61 Å². The third-order valence-electron chi connectivity index (χ3n) is 6.07. The number of hydrogen-bond acceptors (Lipinski definition) is 3. The van der Waals surface area contributed by atoms with Gasteiger partial charge in [0.25, 0.3) is 8.32 Å². The fourth-order valence-electron chi connectivity index (χ4n) is 4.72. The van der Waals surface area contributed by atoms with Gasteiger partial charge in [0.05, 0.1) is 6.61 Å². The maximum atomic E-state index is 7.05. The zero-order chi connectivity index (χ0) is 20.0. The van der Waals surface area contributed by atoms with Gasteiger partial charge in [-0.3, -0.25) is 0 Å². The lowest BCUT2D eigenvalue weighted by Gasteiger charge is -2.43. The Labute approximate surface area is 170 Å². The van der Waals surface area contributed by atoms with Crippen LogP contribution in [-0.2, 0) is 13.9 Å². The summed E-state index contributed by atoms with van der Waals surface area (Å²) < 4.78 is 19.6. The van der Waals surface area contributed by atoms with Gasteiger partial charge in [-0.2, -0.15) is 0 Å². The molecule has 2 aromatic rings. The van der Waals surface area contributed by atoms with Crippen LogP contribution in [0, 0.1) is 0 Å². The van der Waals surface area contributed by atoms with E-state index in [0.29, 0.717) is 6.61 Å². The van der Waals surface area contributed by atoms with Crippen LogP contribution in [0.2, 0.25) is 5.04 Å². The monoisotopic (exact) mass is 396 g/mol. The zero-order valence-electron chi connectivity index (χ0n) is 17.7. The lowest BCUT2D eigenvalue weighted by molar-refractivity contribution is -0.151. The molecular weight excluding hydrogens is 364 g/mol. The van der Waals surface area contributed by atoms with Gasteiger partial charge < -0.3 is 13.9 Å². The largest absolute Gasteiger partial charge is 0.405 e. The Kier molecular flexibility index (Phi) is 4.82. The van der Waals surface area contributed by atoms with Gasteiger partial charge in [-0.15, -0.1) is 0 Å². The molecule has 0 radical (unpaired) electrons. The van der Waals surface area contributed by atoms with E-state index in [1.165, 1.54) is 10.4 Å². The van der Waals surface area contributed by atoms with Gasteiger partial charge in [-0.1, -0.05) is 81.4 Å². The van der Waals surface area contributed by atoms with Crippen molar-refractivity contribution in [1.29, 1.82) is 0 Å². The first-order valence-corrected chi connectivity index (χ1v) is 12.2. The van der Waals surface area contributed by atoms with Crippen molar-refractivity contribution in [2.24, 2.45) is 0 Å². The molecule has 1 saturated carbocycles. The predicted octanol–water partition coefficient (Wildman–Crippen LogP) is 4.25. The van der Waals surface area contributed by atoms with Crippen LogP contribution in [0.5, 0.6) is 0 Å². The molecule has 1 heterocycles. The molecule has 0 aromatic heterocycles. The fraction of sp³-hybridized carbons (Fsp3) is 0.500. The molecule has 4 heteroatoms. The average molecular weight is 397 g/mol. The highest BCUT2D eigenvalue weighted by Crippen LogP contribution is 2.53. The van der Waals surface area contributed by atoms with Crippen LogP contribution in [0.25, 0.3) is 0 Å². The van der Waals surface area contributed by atoms with E-state index in [1.807, 2.05) is 13.8 Å². The first-order chi connectivity index (χ1) is 13.2. The molecule has 0 N–H and O–H groups in total. The highest BCUT2D eigenvalue weighted by Gasteiger charge is 2.62. The Morgan fingerprint density at radius 3 is 1.86 bits per heavy atom. The van der Waals surface area contributed by atoms with Crippen molar-refractivity contribution in [1.82, 2.24) is 0 Å². The van der Waals surface area contributed by atoms with E-state index < -0.39 is 14.1 Å². The van der Waals surface area contributed by atoms with E-state index in [9.17, 15) is 0 Å². The minimum Gasteiger partial charge on any atom is -0.405 e. The number of ether oxygens (including phenoxy) is 2. The summed E-state index contributed by atoms with van der Waals surface area (Å²) >= 11 is 0. The van der Waals surface area contributed by atoms with Crippen LogP contribution in [0.1, 0.15) is 47.5 Å². The lowest BCUT2D eigenvalue weighted by atomic mass is 10.2. The molecule has 0 amide bonds. The SMILES string of the molecule is CC1(C)OC(CO[Si](c2ccccc2)(c2ccccc2)C(C)(C)C)C2(CC2)O1. The number of benzene rings is 2. The average Bonchev–Trinajstić information content (AvgIpc) is 3.35. The fourth-order valence-corrected chi connectivity index (χ4v) is 9.28. The lowest BCUT2D eigenvalue weighted by Crippen LogP contribution is -2.67. The van der Waals surface area contributed by atoms with Gasteiger partial charge in [0.15, 0.2) is 5.79 Å². The molecule has 1 saturated heterocycles. The summed E-state index contributed by atoms with van der Waals surface area (Å²) in [5.41, 5.74) is -0.144. The molecule has 150 valence electrons. The van der Waals surface area contributed by atoms with Gasteiger partial charge in [-0.05, 0) is 42.1 Å². The van der Waals surface area contributed by atoms with Crippen molar-refractivity contribution in [3.63, 3.8) is 0 Å². The Balaban J connectivity index is 1.73. The van der Waals surface area contributed by atoms with Crippen LogP contribution >= 0.6 is 0 Å². The van der Waals surface area contributed by atoms with Crippen LogP contribution in [0.3, 0.4) is 0 Å². The quantitative estimate of drug-likeness (QED) is 0.707. The molecule has 2 aromatic carbocycles. The summed E-state index contributed by atoms with van der Waals surface area (Å²) in [6, 6.07) is 21.6. The molecule has 1 spiro atoms. The molecule has 1 aliphatic carbocycles. The molecule has 2 fully saturated rings. The zero-order valence-corrected chi connectivity index (χ0v) is 18.7. The van der Waals surface area contributed by atoms with Gasteiger partial charge >= 0.3 is 0 Å². The molecule has 4 rings (SSSR count). The van der Waals surface area contributed by atoms with Gasteiger partial charge in [0.2, 0.25) is 0 Å². The van der Waals surface area contributed by atoms with E-state index in [0.717, 1.165) is 12.8 Å². The molecule has 1 unspecified atom stereocenters. The molecular formula is C24H32O3Si. The smallest absolute Gasteiger partial charge is 0.261 e. The van der Waals surface area contributed by atoms with E-state index in [2.05, 4.69) is 81.4 Å². The van der Waals surface area contributed by atoms with Crippen LogP contribution < -0.4 is 10.4 Å². The summed E-state index contributed by atoms with van der Waals surface area (Å²) in [5.74, 6) is -0.532. The van der Waals surface area contributed by atoms with Crippen LogP contribution in [-0.4, -0.2) is 32.4 Å². The summed E-state index contributed by atoms with van der Waals surface area (Å²) in [7, 11) is -2.53. The second kappa shape index (κ2) is 6.80. The van der Waals surface area contributed by atoms with E-state index in [1.54, 1.807) is 0 Å². The number of hydrogen-bond donors (Lipinski definition) is 0. The molecule has 3 nitrogen and oxygen atoms in total. The standard InChI is InChI=1S/C24H32O3Si/c1-22(2,3)28(19-12-8-6-9-13-19,20-14-10-7-11-15-20)25-18-21-24(16-17-24)27-23(4,5)26-21/h6-15,21H,16-18H2,1-5H3. The molecule has 1 atom stereocenters. The predicted molar refractivity (Wildman–Crippen MR) is 116 cm³/mol. The highest BCUT2D eigenvalue weighted by molar-refractivity contribution is 6.99.